The molecule has 0 aliphatic carbocycles. The van der Waals surface area contributed by atoms with Crippen LogP contribution in [0, 0.1) is 0 Å². The van der Waals surface area contributed by atoms with E-state index in [9.17, 15) is 8.42 Å². The molecule has 0 bridgehead atoms. The summed E-state index contributed by atoms with van der Waals surface area (Å²) in [5.74, 6) is 1.56. The van der Waals surface area contributed by atoms with E-state index < -0.39 is 9.84 Å². The summed E-state index contributed by atoms with van der Waals surface area (Å²) in [7, 11) is -2.13. The van der Waals surface area contributed by atoms with Crippen molar-refractivity contribution in [2.24, 2.45) is 5.10 Å². The minimum atomic E-state index is -3.71. The number of hydrazone groups is 1. The topological polar surface area (TPSA) is 90.3 Å². The first-order valence-corrected chi connectivity index (χ1v) is 11.6. The fraction of sp³-hybridized carbons (Fsp3) is 0.217. The fourth-order valence-electron chi connectivity index (χ4n) is 3.65. The predicted octanol–water partition coefficient (Wildman–Crippen LogP) is 3.04. The van der Waals surface area contributed by atoms with Gasteiger partial charge in [0.25, 0.3) is 0 Å². The van der Waals surface area contributed by atoms with Gasteiger partial charge in [-0.3, -0.25) is 5.01 Å². The van der Waals surface area contributed by atoms with Gasteiger partial charge in [-0.1, -0.05) is 12.1 Å². The van der Waals surface area contributed by atoms with Gasteiger partial charge in [0.1, 0.15) is 13.2 Å². The maximum atomic E-state index is 13.2. The van der Waals surface area contributed by atoms with E-state index in [0.29, 0.717) is 43.7 Å². The highest BCUT2D eigenvalue weighted by molar-refractivity contribution is 7.91. The lowest BCUT2D eigenvalue weighted by molar-refractivity contribution is 0.171. The number of fused-ring (bicyclic) bond motifs is 2. The molecule has 0 spiro atoms. The first kappa shape index (κ1) is 20.3. The first-order valence-electron chi connectivity index (χ1n) is 10.1. The first-order chi connectivity index (χ1) is 15.5. The van der Waals surface area contributed by atoms with Crippen molar-refractivity contribution in [2.75, 3.05) is 20.3 Å². The van der Waals surface area contributed by atoms with E-state index in [2.05, 4.69) is 10.1 Å². The molecule has 0 fully saturated rings. The lowest BCUT2D eigenvalue weighted by Gasteiger charge is -2.24. The largest absolute Gasteiger partial charge is 0.486 e. The smallest absolute Gasteiger partial charge is 0.212 e. The van der Waals surface area contributed by atoms with Crippen LogP contribution in [0.5, 0.6) is 17.4 Å². The van der Waals surface area contributed by atoms with Crippen LogP contribution in [0.15, 0.2) is 69.6 Å². The Morgan fingerprint density at radius 2 is 1.78 bits per heavy atom. The molecule has 0 N–H and O–H groups in total. The molecular formula is C23H21N3O5S. The number of aromatic nitrogens is 1. The number of ether oxygens (including phenoxy) is 3. The van der Waals surface area contributed by atoms with Crippen molar-refractivity contribution < 1.29 is 22.6 Å². The van der Waals surface area contributed by atoms with Crippen LogP contribution in [0.25, 0.3) is 0 Å². The van der Waals surface area contributed by atoms with Gasteiger partial charge in [-0.25, -0.2) is 13.4 Å². The van der Waals surface area contributed by atoms with Crippen molar-refractivity contribution in [3.8, 4) is 17.4 Å². The molecule has 8 nitrogen and oxygen atoms in total. The molecule has 0 saturated heterocycles. The Kier molecular flexibility index (Phi) is 5.18. The van der Waals surface area contributed by atoms with Gasteiger partial charge in [0.05, 0.1) is 36.2 Å². The monoisotopic (exact) mass is 451 g/mol. The van der Waals surface area contributed by atoms with E-state index in [-0.39, 0.29) is 9.79 Å². The zero-order chi connectivity index (χ0) is 22.1. The summed E-state index contributed by atoms with van der Waals surface area (Å²) in [6.07, 6.45) is 3.45. The van der Waals surface area contributed by atoms with E-state index >= 15 is 0 Å². The van der Waals surface area contributed by atoms with E-state index in [1.165, 1.54) is 6.07 Å². The number of hydrogen-bond donors (Lipinski definition) is 0. The third-order valence-corrected chi connectivity index (χ3v) is 7.09. The molecule has 2 aliphatic heterocycles. The molecule has 3 aromatic rings. The third-order valence-electron chi connectivity index (χ3n) is 5.34. The minimum Gasteiger partial charge on any atom is -0.486 e. The Morgan fingerprint density at radius 3 is 2.56 bits per heavy atom. The summed E-state index contributed by atoms with van der Waals surface area (Å²) in [5.41, 5.74) is 2.79. The quantitative estimate of drug-likeness (QED) is 0.589. The predicted molar refractivity (Wildman–Crippen MR) is 117 cm³/mol. The van der Waals surface area contributed by atoms with Crippen molar-refractivity contribution in [1.29, 1.82) is 0 Å². The van der Waals surface area contributed by atoms with Crippen molar-refractivity contribution in [1.82, 2.24) is 9.99 Å². The average Bonchev–Trinajstić information content (AvgIpc) is 2.84. The summed E-state index contributed by atoms with van der Waals surface area (Å²) < 4.78 is 42.5. The molecule has 0 atom stereocenters. The molecule has 2 aliphatic rings. The van der Waals surface area contributed by atoms with E-state index in [1.807, 2.05) is 23.2 Å². The standard InChI is InChI=1S/C23H21N3O5S/c1-29-23-7-2-16(12-24-23)14-26-15-17-3-4-19(10-18(17)13-25-26)32(27,28)20-5-6-21-22(11-20)31-9-8-30-21/h2-7,10-13H,8-9,14-15H2,1H3. The summed E-state index contributed by atoms with van der Waals surface area (Å²) in [4.78, 5) is 4.60. The highest BCUT2D eigenvalue weighted by atomic mass is 32.2. The Balaban J connectivity index is 1.36. The molecule has 9 heteroatoms. The second-order valence-electron chi connectivity index (χ2n) is 7.45. The molecule has 0 saturated carbocycles. The van der Waals surface area contributed by atoms with Gasteiger partial charge in [-0.15, -0.1) is 0 Å². The van der Waals surface area contributed by atoms with E-state index in [4.69, 9.17) is 14.2 Å². The van der Waals surface area contributed by atoms with Crippen LogP contribution in [0.1, 0.15) is 16.7 Å². The maximum absolute atomic E-state index is 13.2. The van der Waals surface area contributed by atoms with Crippen molar-refractivity contribution in [3.63, 3.8) is 0 Å². The molecule has 0 amide bonds. The fourth-order valence-corrected chi connectivity index (χ4v) is 4.96. The van der Waals surface area contributed by atoms with Crippen molar-refractivity contribution in [3.05, 3.63) is 71.4 Å². The van der Waals surface area contributed by atoms with E-state index in [0.717, 1.165) is 16.7 Å². The molecule has 164 valence electrons. The molecule has 32 heavy (non-hydrogen) atoms. The van der Waals surface area contributed by atoms with Crippen LogP contribution in [-0.4, -0.2) is 44.9 Å². The molecule has 1 aromatic heterocycles. The van der Waals surface area contributed by atoms with Gasteiger partial charge in [0, 0.05) is 23.9 Å². The minimum absolute atomic E-state index is 0.170. The summed E-state index contributed by atoms with van der Waals surface area (Å²) in [6.45, 7) is 2.01. The zero-order valence-electron chi connectivity index (χ0n) is 17.4. The van der Waals surface area contributed by atoms with Crippen LogP contribution in [0.4, 0.5) is 0 Å². The van der Waals surface area contributed by atoms with Gasteiger partial charge in [0.15, 0.2) is 11.5 Å². The number of nitrogens with zero attached hydrogens (tertiary/aromatic N) is 3. The SMILES string of the molecule is COc1ccc(CN2Cc3ccc(S(=O)(=O)c4ccc5c(c4)OCCO5)cc3C=N2)cn1. The van der Waals surface area contributed by atoms with Gasteiger partial charge in [0.2, 0.25) is 15.7 Å². The number of methoxy groups -OCH3 is 1. The summed E-state index contributed by atoms with van der Waals surface area (Å²) in [6, 6.07) is 13.6. The molecule has 5 rings (SSSR count). The van der Waals surface area contributed by atoms with Crippen LogP contribution >= 0.6 is 0 Å². The second kappa shape index (κ2) is 8.16. The average molecular weight is 452 g/mol. The molecule has 2 aromatic carbocycles. The third kappa shape index (κ3) is 3.87. The highest BCUT2D eigenvalue weighted by Gasteiger charge is 2.23. The van der Waals surface area contributed by atoms with Gasteiger partial charge >= 0.3 is 0 Å². The number of benzene rings is 2. The van der Waals surface area contributed by atoms with E-state index in [1.54, 1.807) is 43.8 Å². The molecule has 3 heterocycles. The summed E-state index contributed by atoms with van der Waals surface area (Å²) in [5, 5.41) is 6.38. The van der Waals surface area contributed by atoms with Crippen LogP contribution in [-0.2, 0) is 22.9 Å². The Labute approximate surface area is 186 Å². The van der Waals surface area contributed by atoms with Crippen LogP contribution in [0.3, 0.4) is 0 Å². The van der Waals surface area contributed by atoms with Crippen LogP contribution < -0.4 is 14.2 Å². The normalized spacial score (nSPS) is 14.7. The lowest BCUT2D eigenvalue weighted by Crippen LogP contribution is -2.22. The van der Waals surface area contributed by atoms with Crippen molar-refractivity contribution in [2.45, 2.75) is 22.9 Å². The number of hydrogen-bond acceptors (Lipinski definition) is 8. The lowest BCUT2D eigenvalue weighted by atomic mass is 10.1. The summed E-state index contributed by atoms with van der Waals surface area (Å²) >= 11 is 0. The van der Waals surface area contributed by atoms with Gasteiger partial charge in [-0.2, -0.15) is 5.10 Å². The van der Waals surface area contributed by atoms with Gasteiger partial charge < -0.3 is 14.2 Å². The Bertz CT molecular complexity index is 1290. The number of sulfone groups is 1. The van der Waals surface area contributed by atoms with Gasteiger partial charge in [-0.05, 0) is 35.4 Å². The second-order valence-corrected chi connectivity index (χ2v) is 9.40. The Morgan fingerprint density at radius 1 is 1.00 bits per heavy atom. The van der Waals surface area contributed by atoms with Crippen molar-refractivity contribution >= 4 is 16.1 Å². The number of pyridine rings is 1. The highest BCUT2D eigenvalue weighted by Crippen LogP contribution is 2.34. The number of rotatable bonds is 5. The Hall–Kier alpha value is -3.59. The molecule has 0 radical (unpaired) electrons. The molecule has 0 unspecified atom stereocenters. The zero-order valence-corrected chi connectivity index (χ0v) is 18.2. The van der Waals surface area contributed by atoms with Crippen LogP contribution in [0.2, 0.25) is 0 Å². The molecular weight excluding hydrogens is 430 g/mol. The maximum Gasteiger partial charge on any atom is 0.212 e.